The predicted molar refractivity (Wildman–Crippen MR) is 84.9 cm³/mol. The number of amides is 3. The van der Waals surface area contributed by atoms with Crippen LogP contribution in [0.5, 0.6) is 0 Å². The number of carbonyl (C=O) groups is 2. The van der Waals surface area contributed by atoms with E-state index in [0.717, 1.165) is 11.3 Å². The third-order valence-electron chi connectivity index (χ3n) is 4.04. The summed E-state index contributed by atoms with van der Waals surface area (Å²) in [6.07, 6.45) is 0.297. The fourth-order valence-corrected chi connectivity index (χ4v) is 2.48. The van der Waals surface area contributed by atoms with Crippen LogP contribution in [-0.2, 0) is 4.79 Å². The molecule has 22 heavy (non-hydrogen) atoms. The number of urea groups is 1. The summed E-state index contributed by atoms with van der Waals surface area (Å²) in [7, 11) is 1.61. The Hall–Kier alpha value is -2.08. The second-order valence-electron chi connectivity index (χ2n) is 5.77. The summed E-state index contributed by atoms with van der Waals surface area (Å²) in [5.74, 6) is 0.0124. The first kappa shape index (κ1) is 16.3. The molecule has 0 aromatic heterocycles. The van der Waals surface area contributed by atoms with Gasteiger partial charge in [0, 0.05) is 32.2 Å². The first-order valence-corrected chi connectivity index (χ1v) is 7.42. The average Bonchev–Trinajstić information content (AvgIpc) is 2.83. The molecular formula is C16H23N3O3. The Balaban J connectivity index is 2.01. The minimum Gasteiger partial charge on any atom is -0.395 e. The molecule has 0 spiro atoms. The molecule has 0 saturated carbocycles. The number of aryl methyl sites for hydroxylation is 2. The van der Waals surface area contributed by atoms with Gasteiger partial charge in [-0.1, -0.05) is 6.07 Å². The number of hydrogen-bond acceptors (Lipinski definition) is 3. The summed E-state index contributed by atoms with van der Waals surface area (Å²) in [5.41, 5.74) is 3.19. The molecule has 2 rings (SSSR count). The van der Waals surface area contributed by atoms with E-state index in [9.17, 15) is 9.59 Å². The van der Waals surface area contributed by atoms with Crippen LogP contribution >= 0.6 is 0 Å². The van der Waals surface area contributed by atoms with Crippen LogP contribution in [0.2, 0.25) is 0 Å². The van der Waals surface area contributed by atoms with E-state index in [-0.39, 0.29) is 31.1 Å². The van der Waals surface area contributed by atoms with Gasteiger partial charge < -0.3 is 20.2 Å². The van der Waals surface area contributed by atoms with Crippen molar-refractivity contribution in [1.29, 1.82) is 0 Å². The molecule has 1 aromatic rings. The van der Waals surface area contributed by atoms with Gasteiger partial charge in [0.15, 0.2) is 0 Å². The second kappa shape index (κ2) is 6.79. The topological polar surface area (TPSA) is 72.9 Å². The maximum absolute atomic E-state index is 12.2. The van der Waals surface area contributed by atoms with Crippen LogP contribution in [0.1, 0.15) is 17.5 Å². The first-order chi connectivity index (χ1) is 10.4. The van der Waals surface area contributed by atoms with Gasteiger partial charge >= 0.3 is 6.03 Å². The summed E-state index contributed by atoms with van der Waals surface area (Å²) in [4.78, 5) is 27.2. The van der Waals surface area contributed by atoms with Gasteiger partial charge in [0.05, 0.1) is 12.6 Å². The molecule has 0 radical (unpaired) electrons. The van der Waals surface area contributed by atoms with E-state index in [4.69, 9.17) is 5.11 Å². The maximum Gasteiger partial charge on any atom is 0.317 e. The molecule has 2 N–H and O–H groups in total. The summed E-state index contributed by atoms with van der Waals surface area (Å²) >= 11 is 0. The summed E-state index contributed by atoms with van der Waals surface area (Å²) < 4.78 is 0. The molecule has 1 aromatic carbocycles. The van der Waals surface area contributed by atoms with Crippen LogP contribution in [0.15, 0.2) is 18.2 Å². The Kier molecular flexibility index (Phi) is 5.03. The lowest BCUT2D eigenvalue weighted by Crippen LogP contribution is -2.45. The number of benzene rings is 1. The molecule has 1 fully saturated rings. The van der Waals surface area contributed by atoms with Crippen LogP contribution in [0, 0.1) is 13.8 Å². The van der Waals surface area contributed by atoms with Crippen molar-refractivity contribution in [2.24, 2.45) is 0 Å². The highest BCUT2D eigenvalue weighted by molar-refractivity contribution is 5.96. The van der Waals surface area contributed by atoms with E-state index >= 15 is 0 Å². The highest BCUT2D eigenvalue weighted by Gasteiger charge is 2.32. The fraction of sp³-hybridized carbons (Fsp3) is 0.500. The van der Waals surface area contributed by atoms with E-state index in [1.54, 1.807) is 11.9 Å². The lowest BCUT2D eigenvalue weighted by atomic mass is 10.1. The van der Waals surface area contributed by atoms with Crippen molar-refractivity contribution >= 4 is 17.6 Å². The van der Waals surface area contributed by atoms with Crippen molar-refractivity contribution in [2.75, 3.05) is 31.6 Å². The molecule has 0 bridgehead atoms. The third-order valence-corrected chi connectivity index (χ3v) is 4.04. The van der Waals surface area contributed by atoms with E-state index in [1.165, 1.54) is 10.5 Å². The van der Waals surface area contributed by atoms with Crippen LogP contribution in [0.4, 0.5) is 10.5 Å². The monoisotopic (exact) mass is 305 g/mol. The SMILES string of the molecule is Cc1ccc(N2C[C@H](NC(=O)N(C)CCO)CC2=O)cc1C. The number of nitrogens with one attached hydrogen (secondary N) is 1. The summed E-state index contributed by atoms with van der Waals surface area (Å²) in [6, 6.07) is 5.45. The number of aliphatic hydroxyl groups excluding tert-OH is 1. The zero-order valence-corrected chi connectivity index (χ0v) is 13.3. The Bertz CT molecular complexity index is 574. The molecule has 0 aliphatic carbocycles. The van der Waals surface area contributed by atoms with Crippen molar-refractivity contribution in [3.63, 3.8) is 0 Å². The number of hydrogen-bond donors (Lipinski definition) is 2. The Morgan fingerprint density at radius 1 is 1.41 bits per heavy atom. The second-order valence-corrected chi connectivity index (χ2v) is 5.77. The predicted octanol–water partition coefficient (Wildman–Crippen LogP) is 1.04. The third kappa shape index (κ3) is 3.57. The van der Waals surface area contributed by atoms with Gasteiger partial charge in [0.25, 0.3) is 0 Å². The fourth-order valence-electron chi connectivity index (χ4n) is 2.48. The molecule has 1 aliphatic heterocycles. The Morgan fingerprint density at radius 3 is 2.77 bits per heavy atom. The molecule has 1 aliphatic rings. The van der Waals surface area contributed by atoms with Crippen molar-refractivity contribution < 1.29 is 14.7 Å². The van der Waals surface area contributed by atoms with E-state index in [1.807, 2.05) is 32.0 Å². The molecular weight excluding hydrogens is 282 g/mol. The van der Waals surface area contributed by atoms with E-state index in [0.29, 0.717) is 13.0 Å². The Labute approximate surface area is 130 Å². The van der Waals surface area contributed by atoms with Crippen molar-refractivity contribution in [1.82, 2.24) is 10.2 Å². The Morgan fingerprint density at radius 2 is 2.14 bits per heavy atom. The normalized spacial score (nSPS) is 17.7. The van der Waals surface area contributed by atoms with Gasteiger partial charge in [0.2, 0.25) is 5.91 Å². The molecule has 1 heterocycles. The van der Waals surface area contributed by atoms with E-state index in [2.05, 4.69) is 5.32 Å². The molecule has 3 amide bonds. The minimum atomic E-state index is -0.270. The quantitative estimate of drug-likeness (QED) is 0.873. The number of nitrogens with zero attached hydrogens (tertiary/aromatic N) is 2. The molecule has 6 nitrogen and oxygen atoms in total. The van der Waals surface area contributed by atoms with Crippen LogP contribution in [0.25, 0.3) is 0 Å². The summed E-state index contributed by atoms with van der Waals surface area (Å²) in [6.45, 7) is 4.71. The molecule has 0 unspecified atom stereocenters. The molecule has 1 atom stereocenters. The van der Waals surface area contributed by atoms with Gasteiger partial charge in [-0.25, -0.2) is 4.79 Å². The summed E-state index contributed by atoms with van der Waals surface area (Å²) in [5, 5.41) is 11.7. The van der Waals surface area contributed by atoms with Crippen molar-refractivity contribution in [3.05, 3.63) is 29.3 Å². The van der Waals surface area contributed by atoms with Gasteiger partial charge in [0.1, 0.15) is 0 Å². The number of carbonyl (C=O) groups excluding carboxylic acids is 2. The van der Waals surface area contributed by atoms with Crippen LogP contribution in [-0.4, -0.2) is 54.7 Å². The van der Waals surface area contributed by atoms with Gasteiger partial charge in [-0.05, 0) is 37.1 Å². The van der Waals surface area contributed by atoms with E-state index < -0.39 is 0 Å². The number of anilines is 1. The highest BCUT2D eigenvalue weighted by atomic mass is 16.3. The lowest BCUT2D eigenvalue weighted by Gasteiger charge is -2.21. The van der Waals surface area contributed by atoms with Crippen molar-refractivity contribution in [3.8, 4) is 0 Å². The lowest BCUT2D eigenvalue weighted by molar-refractivity contribution is -0.117. The zero-order valence-electron chi connectivity index (χ0n) is 13.3. The highest BCUT2D eigenvalue weighted by Crippen LogP contribution is 2.24. The van der Waals surface area contributed by atoms with Crippen LogP contribution in [0.3, 0.4) is 0 Å². The molecule has 1 saturated heterocycles. The number of likely N-dealkylation sites (N-methyl/N-ethyl adjacent to an activating group) is 1. The minimum absolute atomic E-state index is 0.0124. The largest absolute Gasteiger partial charge is 0.395 e. The zero-order chi connectivity index (χ0) is 16.3. The average molecular weight is 305 g/mol. The molecule has 120 valence electrons. The van der Waals surface area contributed by atoms with Crippen LogP contribution < -0.4 is 10.2 Å². The standard InChI is InChI=1S/C16H23N3O3/c1-11-4-5-14(8-12(11)2)19-10-13(9-15(19)21)17-16(22)18(3)6-7-20/h4-5,8,13,20H,6-7,9-10H2,1-3H3,(H,17,22)/t13-/m1/s1. The van der Waals surface area contributed by atoms with Crippen molar-refractivity contribution in [2.45, 2.75) is 26.3 Å². The van der Waals surface area contributed by atoms with Gasteiger partial charge in [-0.2, -0.15) is 0 Å². The maximum atomic E-state index is 12.2. The molecule has 6 heteroatoms. The number of aliphatic hydroxyl groups is 1. The number of rotatable bonds is 4. The first-order valence-electron chi connectivity index (χ1n) is 7.42. The van der Waals surface area contributed by atoms with Gasteiger partial charge in [-0.15, -0.1) is 0 Å². The van der Waals surface area contributed by atoms with Gasteiger partial charge in [-0.3, -0.25) is 4.79 Å². The smallest absolute Gasteiger partial charge is 0.317 e.